The molecule has 0 spiro atoms. The van der Waals surface area contributed by atoms with E-state index >= 15 is 0 Å². The molecule has 0 N–H and O–H groups in total. The first-order valence-electron chi connectivity index (χ1n) is 10.8. The molecule has 0 saturated carbocycles. The minimum Gasteiger partial charge on any atom is -0.456 e. The molecule has 0 radical (unpaired) electrons. The smallest absolute Gasteiger partial charge is 0.306 e. The van der Waals surface area contributed by atoms with Crippen LogP contribution < -0.4 is 4.90 Å². The first-order valence-corrected chi connectivity index (χ1v) is 10.8. The summed E-state index contributed by atoms with van der Waals surface area (Å²) >= 11 is 0. The topological polar surface area (TPSA) is 88.8 Å². The van der Waals surface area contributed by atoms with Crippen molar-refractivity contribution < 1.29 is 23.1 Å². The number of anilines is 1. The molecule has 2 heterocycles. The maximum Gasteiger partial charge on any atom is 0.306 e. The van der Waals surface area contributed by atoms with Gasteiger partial charge in [-0.25, -0.2) is 4.39 Å². The van der Waals surface area contributed by atoms with Crippen LogP contribution in [0.5, 0.6) is 0 Å². The summed E-state index contributed by atoms with van der Waals surface area (Å²) in [5.74, 6) is -0.274. The van der Waals surface area contributed by atoms with Gasteiger partial charge in [-0.1, -0.05) is 17.7 Å². The number of carbonyl (C=O) groups is 2. The predicted octanol–water partition coefficient (Wildman–Crippen LogP) is 3.01. The van der Waals surface area contributed by atoms with E-state index in [0.29, 0.717) is 38.0 Å². The van der Waals surface area contributed by atoms with Crippen LogP contribution >= 0.6 is 0 Å². The molecule has 0 bridgehead atoms. The normalized spacial score (nSPS) is 13.8. The minimum absolute atomic E-state index is 0.0428. The lowest BCUT2D eigenvalue weighted by atomic mass is 10.1. The summed E-state index contributed by atoms with van der Waals surface area (Å²) in [5.41, 5.74) is 2.86. The number of esters is 1. The summed E-state index contributed by atoms with van der Waals surface area (Å²) in [4.78, 5) is 28.2. The molecule has 0 atom stereocenters. The molecule has 0 aliphatic carbocycles. The van der Waals surface area contributed by atoms with E-state index in [2.05, 4.69) is 15.1 Å². The Kier molecular flexibility index (Phi) is 6.97. The van der Waals surface area contributed by atoms with Gasteiger partial charge in [-0.2, -0.15) is 0 Å². The summed E-state index contributed by atoms with van der Waals surface area (Å²) in [6.07, 6.45) is 0.281. The first-order chi connectivity index (χ1) is 16.0. The predicted molar refractivity (Wildman–Crippen MR) is 119 cm³/mol. The van der Waals surface area contributed by atoms with E-state index in [-0.39, 0.29) is 31.2 Å². The van der Waals surface area contributed by atoms with Crippen molar-refractivity contribution in [3.63, 3.8) is 0 Å². The lowest BCUT2D eigenvalue weighted by Gasteiger charge is -2.36. The van der Waals surface area contributed by atoms with Gasteiger partial charge in [0.1, 0.15) is 5.82 Å². The van der Waals surface area contributed by atoms with Gasteiger partial charge in [0.2, 0.25) is 11.8 Å². The number of piperazine rings is 1. The van der Waals surface area contributed by atoms with Gasteiger partial charge < -0.3 is 19.0 Å². The van der Waals surface area contributed by atoms with E-state index in [1.54, 1.807) is 17.0 Å². The summed E-state index contributed by atoms with van der Waals surface area (Å²) < 4.78 is 23.8. The van der Waals surface area contributed by atoms with Crippen LogP contribution in [0, 0.1) is 12.7 Å². The van der Waals surface area contributed by atoms with E-state index in [1.165, 1.54) is 12.1 Å². The fraction of sp³-hybridized carbons (Fsp3) is 0.333. The number of benzene rings is 2. The van der Waals surface area contributed by atoms with Gasteiger partial charge in [-0.15, -0.1) is 10.2 Å². The first kappa shape index (κ1) is 22.4. The fourth-order valence-electron chi connectivity index (χ4n) is 3.55. The molecule has 1 aliphatic heterocycles. The summed E-state index contributed by atoms with van der Waals surface area (Å²) in [7, 11) is 0. The van der Waals surface area contributed by atoms with E-state index < -0.39 is 5.97 Å². The van der Waals surface area contributed by atoms with E-state index in [1.807, 2.05) is 31.2 Å². The Balaban J connectivity index is 1.18. The van der Waals surface area contributed by atoms with Gasteiger partial charge in [0.25, 0.3) is 5.91 Å². The van der Waals surface area contributed by atoms with Gasteiger partial charge in [0, 0.05) is 43.9 Å². The quantitative estimate of drug-likeness (QED) is 0.509. The van der Waals surface area contributed by atoms with Gasteiger partial charge in [-0.05, 0) is 43.3 Å². The fourth-order valence-corrected chi connectivity index (χ4v) is 3.55. The highest BCUT2D eigenvalue weighted by molar-refractivity contribution is 5.81. The van der Waals surface area contributed by atoms with Crippen molar-refractivity contribution in [1.29, 1.82) is 0 Å². The third-order valence-corrected chi connectivity index (χ3v) is 5.49. The molecule has 33 heavy (non-hydrogen) atoms. The molecule has 9 heteroatoms. The lowest BCUT2D eigenvalue weighted by Crippen LogP contribution is -2.49. The van der Waals surface area contributed by atoms with Crippen molar-refractivity contribution in [3.05, 3.63) is 65.8 Å². The Morgan fingerprint density at radius 1 is 1.00 bits per heavy atom. The zero-order chi connectivity index (χ0) is 23.2. The molecule has 4 rings (SSSR count). The Morgan fingerprint density at radius 2 is 1.70 bits per heavy atom. The molecule has 1 saturated heterocycles. The SMILES string of the molecule is Cc1ccc(-c2nnc(CCC(=O)OCC(=O)N3CCN(c4ccc(F)cc4)CC3)o2)cc1. The van der Waals surface area contributed by atoms with E-state index in [0.717, 1.165) is 16.8 Å². The average Bonchev–Trinajstić information content (AvgIpc) is 3.31. The number of nitrogens with zero attached hydrogens (tertiary/aromatic N) is 4. The standard InChI is InChI=1S/C24H25FN4O4/c1-17-2-4-18(5-3-17)24-27-26-21(33-24)10-11-23(31)32-16-22(30)29-14-12-28(13-15-29)20-8-6-19(25)7-9-20/h2-9H,10-16H2,1H3. The van der Waals surface area contributed by atoms with Gasteiger partial charge >= 0.3 is 5.97 Å². The molecule has 1 aliphatic rings. The maximum absolute atomic E-state index is 13.1. The second kappa shape index (κ2) is 10.2. The second-order valence-corrected chi connectivity index (χ2v) is 7.87. The highest BCUT2D eigenvalue weighted by Crippen LogP contribution is 2.19. The highest BCUT2D eigenvalue weighted by Gasteiger charge is 2.22. The van der Waals surface area contributed by atoms with Crippen LogP contribution in [-0.4, -0.2) is 59.8 Å². The molecule has 0 unspecified atom stereocenters. The van der Waals surface area contributed by atoms with Crippen LogP contribution in [0.15, 0.2) is 52.9 Å². The van der Waals surface area contributed by atoms with Gasteiger partial charge in [0.05, 0.1) is 6.42 Å². The molecule has 2 aromatic carbocycles. The second-order valence-electron chi connectivity index (χ2n) is 7.87. The number of aromatic nitrogens is 2. The highest BCUT2D eigenvalue weighted by atomic mass is 19.1. The number of halogens is 1. The molecular weight excluding hydrogens is 427 g/mol. The van der Waals surface area contributed by atoms with Crippen LogP contribution in [0.3, 0.4) is 0 Å². The van der Waals surface area contributed by atoms with Gasteiger partial charge in [0.15, 0.2) is 6.61 Å². The zero-order valence-corrected chi connectivity index (χ0v) is 18.4. The summed E-state index contributed by atoms with van der Waals surface area (Å²) in [6, 6.07) is 14.0. The Bertz CT molecular complexity index is 1090. The number of amides is 1. The summed E-state index contributed by atoms with van der Waals surface area (Å²) in [6.45, 7) is 3.98. The monoisotopic (exact) mass is 452 g/mol. The number of hydrogen-bond donors (Lipinski definition) is 0. The van der Waals surface area contributed by atoms with Crippen LogP contribution in [-0.2, 0) is 20.7 Å². The van der Waals surface area contributed by atoms with Gasteiger partial charge in [-0.3, -0.25) is 9.59 Å². The average molecular weight is 452 g/mol. The van der Waals surface area contributed by atoms with E-state index in [9.17, 15) is 14.0 Å². The number of rotatable bonds is 7. The third-order valence-electron chi connectivity index (χ3n) is 5.49. The minimum atomic E-state index is -0.497. The van der Waals surface area contributed by atoms with Crippen LogP contribution in [0.2, 0.25) is 0 Å². The number of carbonyl (C=O) groups excluding carboxylic acids is 2. The van der Waals surface area contributed by atoms with Crippen LogP contribution in [0.1, 0.15) is 17.9 Å². The molecule has 8 nitrogen and oxygen atoms in total. The molecule has 1 fully saturated rings. The Morgan fingerprint density at radius 3 is 2.39 bits per heavy atom. The van der Waals surface area contributed by atoms with Crippen molar-refractivity contribution in [2.75, 3.05) is 37.7 Å². The molecular formula is C24H25FN4O4. The van der Waals surface area contributed by atoms with Crippen molar-refractivity contribution in [1.82, 2.24) is 15.1 Å². The molecule has 172 valence electrons. The van der Waals surface area contributed by atoms with Crippen molar-refractivity contribution in [3.8, 4) is 11.5 Å². The molecule has 3 aromatic rings. The largest absolute Gasteiger partial charge is 0.456 e. The van der Waals surface area contributed by atoms with Crippen LogP contribution in [0.25, 0.3) is 11.5 Å². The lowest BCUT2D eigenvalue weighted by molar-refractivity contribution is -0.152. The Hall–Kier alpha value is -3.75. The zero-order valence-electron chi connectivity index (χ0n) is 18.4. The van der Waals surface area contributed by atoms with Crippen molar-refractivity contribution in [2.45, 2.75) is 19.8 Å². The third kappa shape index (κ3) is 5.94. The number of aryl methyl sites for hydroxylation is 2. The Labute approximate surface area is 191 Å². The van der Waals surface area contributed by atoms with Crippen LogP contribution in [0.4, 0.5) is 10.1 Å². The van der Waals surface area contributed by atoms with E-state index in [4.69, 9.17) is 9.15 Å². The number of ether oxygens (including phenoxy) is 1. The van der Waals surface area contributed by atoms with Crippen molar-refractivity contribution in [2.24, 2.45) is 0 Å². The summed E-state index contributed by atoms with van der Waals surface area (Å²) in [5, 5.41) is 7.98. The maximum atomic E-state index is 13.1. The van der Waals surface area contributed by atoms with Crippen molar-refractivity contribution >= 4 is 17.6 Å². The molecule has 1 amide bonds. The molecule has 1 aromatic heterocycles. The number of hydrogen-bond acceptors (Lipinski definition) is 7.